The first-order valence-electron chi connectivity index (χ1n) is 9.80. The minimum absolute atomic E-state index is 0.112. The number of ether oxygens (including phenoxy) is 2. The van der Waals surface area contributed by atoms with Gasteiger partial charge in [0.05, 0.1) is 19.1 Å². The van der Waals surface area contributed by atoms with Crippen molar-refractivity contribution in [2.75, 3.05) is 20.4 Å². The third-order valence-corrected chi connectivity index (χ3v) is 3.96. The van der Waals surface area contributed by atoms with Gasteiger partial charge in [0.25, 0.3) is 0 Å². The van der Waals surface area contributed by atoms with Crippen LogP contribution in [0, 0.1) is 0 Å². The van der Waals surface area contributed by atoms with Crippen molar-refractivity contribution < 1.29 is 79.6 Å². The zero-order chi connectivity index (χ0) is 33.7. The van der Waals surface area contributed by atoms with Gasteiger partial charge in [-0.25, -0.2) is 9.59 Å². The molecule has 6 nitrogen and oxygen atoms in total. The van der Waals surface area contributed by atoms with Crippen molar-refractivity contribution in [2.45, 2.75) is 12.4 Å². The maximum atomic E-state index is 12.0. The first-order chi connectivity index (χ1) is 19.1. The molecule has 2 aromatic rings. The monoisotopic (exact) mass is 1400 g/mol. The Balaban J connectivity index is -0.000000599. The molecule has 2 N–H and O–H groups in total. The van der Waals surface area contributed by atoms with Gasteiger partial charge >= 0.3 is 140 Å². The number of halogens is 15. The standard InChI is InChI=1S/C11H8F6O4.C7H4BrClO2.CH3F.I3.3HI.V/c12-10(13,14)4-20-6-1-2-8(7(3-6)9(18)19)21-5-11(15,16)17;8-4-1-2-6(9)5(3-4)7(10)11;1-2;1-3-2;;;;/h1-3H,4-5H2,(H,18,19);1-3H,(H,10,11);1H3;;3*1H;/q;;;-1;;;;+3/p-3/i;;1D;;;;;. The number of aromatic carboxylic acids is 2. The third kappa shape index (κ3) is 29.4. The van der Waals surface area contributed by atoms with Crippen LogP contribution in [-0.4, -0.2) is 54.9 Å². The zero-order valence-electron chi connectivity index (χ0n) is 20.2. The van der Waals surface area contributed by atoms with Gasteiger partial charge in [-0.15, -0.1) is 0 Å². The van der Waals surface area contributed by atoms with Crippen molar-refractivity contribution in [3.8, 4) is 11.5 Å². The van der Waals surface area contributed by atoms with E-state index in [0.717, 1.165) is 12.1 Å². The number of alkyl halides is 7. The quantitative estimate of drug-likeness (QED) is 0.225. The van der Waals surface area contributed by atoms with Crippen LogP contribution < -0.4 is 22.7 Å². The van der Waals surface area contributed by atoms with E-state index in [1.807, 2.05) is 0 Å². The van der Waals surface area contributed by atoms with Gasteiger partial charge in [0.15, 0.2) is 13.2 Å². The Bertz CT molecular complexity index is 1080. The number of carboxylic acids is 2. The zero-order valence-corrected chi connectivity index (χ0v) is 35.9. The Morgan fingerprint density at radius 2 is 1.37 bits per heavy atom. The molecule has 0 radical (unpaired) electrons. The Labute approximate surface area is 312 Å². The predicted octanol–water partition coefficient (Wildman–Crippen LogP) is 8.08. The summed E-state index contributed by atoms with van der Waals surface area (Å²) in [6.45, 7) is -3.38. The number of carboxylic acid groups (broad SMARTS) is 2. The first kappa shape index (κ1) is 45.3. The summed E-state index contributed by atoms with van der Waals surface area (Å²) in [5.74, 6) is -3.76. The summed E-state index contributed by atoms with van der Waals surface area (Å²) in [7, 11) is -1.00. The fraction of sp³-hybridized carbons (Fsp3) is 0.263. The van der Waals surface area contributed by atoms with Crippen LogP contribution in [0.2, 0.25) is 5.02 Å². The summed E-state index contributed by atoms with van der Waals surface area (Å²) in [5, 5.41) is 17.6. The molecule has 22 heteroatoms. The topological polar surface area (TPSA) is 93.1 Å². The van der Waals surface area contributed by atoms with Crippen LogP contribution in [0.3, 0.4) is 0 Å². The second kappa shape index (κ2) is 26.3. The second-order valence-corrected chi connectivity index (χ2v) is 58.9. The molecule has 0 amide bonds. The summed E-state index contributed by atoms with van der Waals surface area (Å²) < 4.78 is 96.6. The van der Waals surface area contributed by atoms with E-state index in [2.05, 4.69) is 123 Å². The Morgan fingerprint density at radius 1 is 0.951 bits per heavy atom. The van der Waals surface area contributed by atoms with E-state index in [4.69, 9.17) is 23.2 Å². The van der Waals surface area contributed by atoms with Crippen molar-refractivity contribution in [3.63, 3.8) is 0 Å². The molecule has 0 saturated heterocycles. The number of carbonyl (C=O) groups is 2. The molecular weight excluding hydrogens is 1380 g/mol. The fourth-order valence-electron chi connectivity index (χ4n) is 1.88. The Morgan fingerprint density at radius 3 is 1.73 bits per heavy atom. The van der Waals surface area contributed by atoms with Gasteiger partial charge in [-0.05, 0) is 36.4 Å². The summed E-state index contributed by atoms with van der Waals surface area (Å²) in [6, 6.07) is 7.01. The first-order valence-corrected chi connectivity index (χ1v) is 36.4. The molecule has 0 spiro atoms. The number of hydrogen-bond acceptors (Lipinski definition) is 4. The van der Waals surface area contributed by atoms with Crippen LogP contribution in [0.25, 0.3) is 0 Å². The van der Waals surface area contributed by atoms with E-state index < -0.39 is 61.7 Å². The Kier molecular flexibility index (Phi) is 29.1. The summed E-state index contributed by atoms with van der Waals surface area (Å²) >= 11 is 21.4. The van der Waals surface area contributed by atoms with E-state index in [0.29, 0.717) is 23.8 Å². The van der Waals surface area contributed by atoms with Crippen molar-refractivity contribution in [3.05, 3.63) is 57.0 Å². The van der Waals surface area contributed by atoms with E-state index in [1.165, 1.54) is 12.1 Å². The third-order valence-electron chi connectivity index (χ3n) is 3.13. The molecule has 2 aromatic carbocycles. The molecule has 41 heavy (non-hydrogen) atoms. The van der Waals surface area contributed by atoms with Crippen LogP contribution in [0.15, 0.2) is 40.9 Å². The molecule has 0 aliphatic heterocycles. The molecule has 0 fully saturated rings. The van der Waals surface area contributed by atoms with E-state index >= 15 is 0 Å². The normalized spacial score (nSPS) is 10.7. The molecule has 0 heterocycles. The van der Waals surface area contributed by atoms with Gasteiger partial charge in [-0.3, -0.25) is 4.39 Å². The van der Waals surface area contributed by atoms with Gasteiger partial charge in [-0.1, -0.05) is 27.5 Å². The summed E-state index contributed by atoms with van der Waals surface area (Å²) in [5.41, 5.74) is -0.625. The molecule has 0 unspecified atom stereocenters. The van der Waals surface area contributed by atoms with Gasteiger partial charge in [0, 0.05) is 4.47 Å². The summed E-state index contributed by atoms with van der Waals surface area (Å²) in [6.07, 6.45) is -9.31. The molecule has 0 atom stereocenters. The molecule has 0 aromatic heterocycles. The predicted molar refractivity (Wildman–Crippen MR) is 180 cm³/mol. The Hall–Kier alpha value is 2.22. The van der Waals surface area contributed by atoms with Crippen LogP contribution in [0.1, 0.15) is 22.1 Å². The molecule has 238 valence electrons. The van der Waals surface area contributed by atoms with Crippen LogP contribution in [0.4, 0.5) is 30.7 Å². The van der Waals surface area contributed by atoms with Crippen molar-refractivity contribution in [1.29, 1.82) is 0 Å². The van der Waals surface area contributed by atoms with Crippen molar-refractivity contribution in [1.82, 2.24) is 0 Å². The molecule has 0 aliphatic carbocycles. The number of rotatable bonds is 6. The van der Waals surface area contributed by atoms with E-state index in [-0.39, 0.29) is 15.5 Å². The van der Waals surface area contributed by atoms with Crippen molar-refractivity contribution >= 4 is 137 Å². The van der Waals surface area contributed by atoms with E-state index in [1.54, 1.807) is 6.07 Å². The molecule has 0 aliphatic rings. The average molecular weight is 1400 g/mol. The summed E-state index contributed by atoms with van der Waals surface area (Å²) in [4.78, 5) is 21.1. The van der Waals surface area contributed by atoms with E-state index in [9.17, 15) is 40.3 Å². The fourth-order valence-corrected chi connectivity index (χ4v) is 2.44. The number of benzene rings is 2. The second-order valence-electron chi connectivity index (χ2n) is 5.95. The molecular formula is C19H15BrClF7I6O6V-. The van der Waals surface area contributed by atoms with Gasteiger partial charge in [0.1, 0.15) is 17.1 Å². The van der Waals surface area contributed by atoms with Crippen LogP contribution in [-0.2, 0) is 4.92 Å². The molecule has 0 bridgehead atoms. The maximum absolute atomic E-state index is 12.0. The minimum atomic E-state index is -4.68. The van der Waals surface area contributed by atoms with Gasteiger partial charge < -0.3 is 19.7 Å². The van der Waals surface area contributed by atoms with Gasteiger partial charge in [-0.2, -0.15) is 26.3 Å². The van der Waals surface area contributed by atoms with Crippen LogP contribution in [0.5, 0.6) is 11.5 Å². The van der Waals surface area contributed by atoms with Crippen molar-refractivity contribution in [2.24, 2.45) is 0 Å². The van der Waals surface area contributed by atoms with Gasteiger partial charge in [0.2, 0.25) is 0 Å². The van der Waals surface area contributed by atoms with Crippen LogP contribution >= 0.6 is 125 Å². The average Bonchev–Trinajstić information content (AvgIpc) is 2.83. The molecule has 2 rings (SSSR count). The number of hydrogen-bond donors (Lipinski definition) is 2. The molecule has 0 saturated carbocycles. The SMILES string of the molecule is I[I-]I.O=C(O)c1cc(Br)ccc1Cl.O=C(O)c1cc(OCC(F)(F)F)ccc1OCC(F)(F)F.[2H]CF.[I][V]([I])[I].